The Labute approximate surface area is 151 Å². The van der Waals surface area contributed by atoms with E-state index >= 15 is 0 Å². The highest BCUT2D eigenvalue weighted by Gasteiger charge is 2.04. The quantitative estimate of drug-likeness (QED) is 0.666. The Bertz CT molecular complexity index is 852. The Hall–Kier alpha value is -2.66. The second-order valence-corrected chi connectivity index (χ2v) is 6.05. The lowest BCUT2D eigenvalue weighted by Crippen LogP contribution is -2.08. The average Bonchev–Trinajstić information content (AvgIpc) is 2.60. The molecule has 0 atom stereocenters. The molecule has 0 saturated heterocycles. The van der Waals surface area contributed by atoms with Gasteiger partial charge in [0.1, 0.15) is 11.6 Å². The van der Waals surface area contributed by atoms with Crippen LogP contribution in [0.1, 0.15) is 16.8 Å². The van der Waals surface area contributed by atoms with Crippen LogP contribution in [0, 0.1) is 12.7 Å². The van der Waals surface area contributed by atoms with Gasteiger partial charge in [0.25, 0.3) is 0 Å². The third-order valence-electron chi connectivity index (χ3n) is 3.64. The van der Waals surface area contributed by atoms with Crippen LogP contribution in [0.5, 0.6) is 0 Å². The lowest BCUT2D eigenvalue weighted by Gasteiger charge is -2.11. The molecule has 0 saturated carbocycles. The second-order valence-electron chi connectivity index (χ2n) is 5.64. The molecule has 0 radical (unpaired) electrons. The maximum atomic E-state index is 12.9. The Kier molecular flexibility index (Phi) is 5.46. The van der Waals surface area contributed by atoms with Gasteiger partial charge in [0, 0.05) is 29.9 Å². The number of nitrogens with zero attached hydrogens (tertiary/aromatic N) is 2. The lowest BCUT2D eigenvalue weighted by atomic mass is 10.2. The fourth-order valence-corrected chi connectivity index (χ4v) is 2.55. The van der Waals surface area contributed by atoms with Crippen molar-refractivity contribution in [3.8, 4) is 0 Å². The normalized spacial score (nSPS) is 10.5. The summed E-state index contributed by atoms with van der Waals surface area (Å²) in [6.07, 6.45) is 0. The van der Waals surface area contributed by atoms with Crippen molar-refractivity contribution in [2.24, 2.45) is 0 Å². The number of aryl methyl sites for hydroxylation is 1. The van der Waals surface area contributed by atoms with E-state index in [9.17, 15) is 4.39 Å². The van der Waals surface area contributed by atoms with Crippen molar-refractivity contribution in [1.29, 1.82) is 0 Å². The summed E-state index contributed by atoms with van der Waals surface area (Å²) in [5.41, 5.74) is 2.80. The zero-order valence-electron chi connectivity index (χ0n) is 13.8. The first-order valence-electron chi connectivity index (χ1n) is 7.91. The van der Waals surface area contributed by atoms with Crippen molar-refractivity contribution in [1.82, 2.24) is 9.97 Å². The van der Waals surface area contributed by atoms with Crippen LogP contribution in [0.25, 0.3) is 0 Å². The van der Waals surface area contributed by atoms with Crippen molar-refractivity contribution >= 4 is 23.4 Å². The zero-order chi connectivity index (χ0) is 17.6. The summed E-state index contributed by atoms with van der Waals surface area (Å²) in [6, 6.07) is 15.9. The number of hydrogen-bond acceptors (Lipinski definition) is 4. The van der Waals surface area contributed by atoms with Gasteiger partial charge < -0.3 is 10.6 Å². The molecule has 128 valence electrons. The Morgan fingerprint density at radius 2 is 1.72 bits per heavy atom. The van der Waals surface area contributed by atoms with E-state index in [0.717, 1.165) is 21.8 Å². The molecule has 0 amide bonds. The van der Waals surface area contributed by atoms with Gasteiger partial charge in [-0.25, -0.2) is 9.37 Å². The third kappa shape index (κ3) is 4.90. The minimum Gasteiger partial charge on any atom is -0.366 e. The van der Waals surface area contributed by atoms with Crippen LogP contribution in [-0.2, 0) is 13.1 Å². The van der Waals surface area contributed by atoms with E-state index in [1.165, 1.54) is 12.1 Å². The van der Waals surface area contributed by atoms with Gasteiger partial charge >= 0.3 is 0 Å². The molecule has 4 nitrogen and oxygen atoms in total. The highest BCUT2D eigenvalue weighted by molar-refractivity contribution is 6.31. The van der Waals surface area contributed by atoms with Crippen LogP contribution >= 0.6 is 11.6 Å². The molecule has 25 heavy (non-hydrogen) atoms. The Morgan fingerprint density at radius 1 is 0.960 bits per heavy atom. The van der Waals surface area contributed by atoms with E-state index < -0.39 is 0 Å². The van der Waals surface area contributed by atoms with Gasteiger partial charge in [-0.1, -0.05) is 41.9 Å². The van der Waals surface area contributed by atoms with Crippen LogP contribution in [0.4, 0.5) is 16.2 Å². The summed E-state index contributed by atoms with van der Waals surface area (Å²) < 4.78 is 12.9. The molecule has 1 aromatic heterocycles. The molecule has 0 bridgehead atoms. The summed E-state index contributed by atoms with van der Waals surface area (Å²) in [4.78, 5) is 8.84. The van der Waals surface area contributed by atoms with E-state index in [-0.39, 0.29) is 5.82 Å². The standard InChI is InChI=1S/C19H18ClFN4/c1-13-10-18(22-12-15-4-2-3-5-17(15)20)25-19(24-13)23-11-14-6-8-16(21)9-7-14/h2-10H,11-12H2,1H3,(H2,22,23,24,25). The number of aromatic nitrogens is 2. The van der Waals surface area contributed by atoms with Crippen LogP contribution in [0.15, 0.2) is 54.6 Å². The van der Waals surface area contributed by atoms with Crippen molar-refractivity contribution in [2.45, 2.75) is 20.0 Å². The number of hydrogen-bond donors (Lipinski definition) is 2. The number of anilines is 2. The zero-order valence-corrected chi connectivity index (χ0v) is 14.5. The first-order chi connectivity index (χ1) is 12.1. The molecule has 1 heterocycles. The predicted molar refractivity (Wildman–Crippen MR) is 99.3 cm³/mol. The van der Waals surface area contributed by atoms with E-state index in [1.54, 1.807) is 12.1 Å². The molecule has 0 fully saturated rings. The summed E-state index contributed by atoms with van der Waals surface area (Å²) in [7, 11) is 0. The van der Waals surface area contributed by atoms with Gasteiger partial charge in [0.2, 0.25) is 5.95 Å². The molecule has 0 aliphatic carbocycles. The summed E-state index contributed by atoms with van der Waals surface area (Å²) >= 11 is 6.17. The Balaban J connectivity index is 1.65. The number of halogens is 2. The van der Waals surface area contributed by atoms with Crippen LogP contribution in [-0.4, -0.2) is 9.97 Å². The van der Waals surface area contributed by atoms with Crippen LogP contribution in [0.3, 0.4) is 0 Å². The molecular formula is C19H18ClFN4. The van der Waals surface area contributed by atoms with E-state index in [1.807, 2.05) is 37.3 Å². The van der Waals surface area contributed by atoms with Crippen LogP contribution < -0.4 is 10.6 Å². The van der Waals surface area contributed by atoms with Crippen LogP contribution in [0.2, 0.25) is 5.02 Å². The molecule has 0 spiro atoms. The molecule has 3 rings (SSSR count). The maximum absolute atomic E-state index is 12.9. The molecule has 3 aromatic rings. The van der Waals surface area contributed by atoms with E-state index in [2.05, 4.69) is 20.6 Å². The van der Waals surface area contributed by atoms with Crippen molar-refractivity contribution in [3.63, 3.8) is 0 Å². The molecule has 0 aliphatic rings. The van der Waals surface area contributed by atoms with Gasteiger partial charge in [-0.15, -0.1) is 0 Å². The fourth-order valence-electron chi connectivity index (χ4n) is 2.35. The highest BCUT2D eigenvalue weighted by atomic mass is 35.5. The minimum absolute atomic E-state index is 0.249. The summed E-state index contributed by atoms with van der Waals surface area (Å²) in [6.45, 7) is 3.01. The lowest BCUT2D eigenvalue weighted by molar-refractivity contribution is 0.627. The average molecular weight is 357 g/mol. The van der Waals surface area contributed by atoms with Crippen molar-refractivity contribution < 1.29 is 4.39 Å². The molecule has 2 N–H and O–H groups in total. The highest BCUT2D eigenvalue weighted by Crippen LogP contribution is 2.17. The van der Waals surface area contributed by atoms with Crippen molar-refractivity contribution in [2.75, 3.05) is 10.6 Å². The summed E-state index contributed by atoms with van der Waals surface area (Å²) in [5.74, 6) is 0.988. The van der Waals surface area contributed by atoms with E-state index in [4.69, 9.17) is 11.6 Å². The monoisotopic (exact) mass is 356 g/mol. The third-order valence-corrected chi connectivity index (χ3v) is 4.00. The SMILES string of the molecule is Cc1cc(NCc2ccccc2Cl)nc(NCc2ccc(F)cc2)n1. The van der Waals surface area contributed by atoms with E-state index in [0.29, 0.717) is 24.9 Å². The smallest absolute Gasteiger partial charge is 0.225 e. The molecule has 0 unspecified atom stereocenters. The number of rotatable bonds is 6. The van der Waals surface area contributed by atoms with Gasteiger partial charge in [-0.2, -0.15) is 4.98 Å². The first-order valence-corrected chi connectivity index (χ1v) is 8.29. The van der Waals surface area contributed by atoms with Gasteiger partial charge in [-0.05, 0) is 36.2 Å². The van der Waals surface area contributed by atoms with Gasteiger partial charge in [0.05, 0.1) is 0 Å². The first kappa shape index (κ1) is 17.2. The molecule has 6 heteroatoms. The topological polar surface area (TPSA) is 49.8 Å². The Morgan fingerprint density at radius 3 is 2.48 bits per heavy atom. The predicted octanol–water partition coefficient (Wildman–Crippen LogP) is 4.80. The molecule has 2 aromatic carbocycles. The van der Waals surface area contributed by atoms with Gasteiger partial charge in [-0.3, -0.25) is 0 Å². The maximum Gasteiger partial charge on any atom is 0.225 e. The summed E-state index contributed by atoms with van der Waals surface area (Å²) in [5, 5.41) is 7.14. The fraction of sp³-hybridized carbons (Fsp3) is 0.158. The van der Waals surface area contributed by atoms with Crippen molar-refractivity contribution in [3.05, 3.63) is 82.3 Å². The number of benzene rings is 2. The molecular weight excluding hydrogens is 339 g/mol. The second kappa shape index (κ2) is 7.94. The minimum atomic E-state index is -0.249. The molecule has 0 aliphatic heterocycles. The number of nitrogens with one attached hydrogen (secondary N) is 2. The largest absolute Gasteiger partial charge is 0.366 e. The van der Waals surface area contributed by atoms with Gasteiger partial charge in [0.15, 0.2) is 0 Å².